The van der Waals surface area contributed by atoms with Crippen LogP contribution in [0.1, 0.15) is 36.7 Å². The van der Waals surface area contributed by atoms with Crippen LogP contribution in [0.3, 0.4) is 0 Å². The molecule has 2 aliphatic rings. The maximum atomic E-state index is 5.98. The molecule has 3 rings (SSSR count). The van der Waals surface area contributed by atoms with Crippen LogP contribution in [0.5, 0.6) is 0 Å². The van der Waals surface area contributed by atoms with Gasteiger partial charge in [-0.2, -0.15) is 0 Å². The molecule has 0 aliphatic carbocycles. The maximum absolute atomic E-state index is 5.98. The molecule has 1 aromatic heterocycles. The normalized spacial score (nSPS) is 26.7. The number of nitrogens with zero attached hydrogens (tertiary/aromatic N) is 2. The van der Waals surface area contributed by atoms with Gasteiger partial charge < -0.3 is 15.0 Å². The van der Waals surface area contributed by atoms with Crippen LogP contribution in [-0.4, -0.2) is 28.8 Å². The van der Waals surface area contributed by atoms with Crippen molar-refractivity contribution in [2.45, 2.75) is 44.2 Å². The van der Waals surface area contributed by atoms with Crippen molar-refractivity contribution in [2.24, 2.45) is 5.73 Å². The smallest absolute Gasteiger partial charge is 0.112 e. The Morgan fingerprint density at radius 3 is 2.94 bits per heavy atom. The molecule has 1 saturated heterocycles. The minimum atomic E-state index is 0.326. The first-order valence-corrected chi connectivity index (χ1v) is 6.22. The van der Waals surface area contributed by atoms with Gasteiger partial charge in [-0.3, -0.25) is 0 Å². The molecule has 16 heavy (non-hydrogen) atoms. The van der Waals surface area contributed by atoms with Crippen molar-refractivity contribution in [1.82, 2.24) is 9.55 Å². The molecule has 0 bridgehead atoms. The highest BCUT2D eigenvalue weighted by Crippen LogP contribution is 2.28. The monoisotopic (exact) mass is 221 g/mol. The summed E-state index contributed by atoms with van der Waals surface area (Å²) < 4.78 is 7.79. The number of rotatable bonds is 1. The Balaban J connectivity index is 1.85. The molecule has 3 heterocycles. The number of aromatic nitrogens is 2. The number of ether oxygens (including phenoxy) is 1. The average Bonchev–Trinajstić information content (AvgIpc) is 2.73. The minimum absolute atomic E-state index is 0.326. The van der Waals surface area contributed by atoms with Crippen LogP contribution in [-0.2, 0) is 17.7 Å². The van der Waals surface area contributed by atoms with Gasteiger partial charge in [-0.15, -0.1) is 0 Å². The fourth-order valence-electron chi connectivity index (χ4n) is 2.80. The molecule has 0 radical (unpaired) electrons. The van der Waals surface area contributed by atoms with Crippen molar-refractivity contribution in [3.05, 3.63) is 17.7 Å². The summed E-state index contributed by atoms with van der Waals surface area (Å²) in [7, 11) is 0. The first-order chi connectivity index (χ1) is 7.84. The number of hydrogen-bond acceptors (Lipinski definition) is 3. The van der Waals surface area contributed by atoms with Crippen molar-refractivity contribution in [3.63, 3.8) is 0 Å². The number of hydrogen-bond donors (Lipinski definition) is 1. The van der Waals surface area contributed by atoms with Crippen molar-refractivity contribution in [1.29, 1.82) is 0 Å². The zero-order chi connectivity index (χ0) is 11.0. The summed E-state index contributed by atoms with van der Waals surface area (Å²) in [5.74, 6) is 1.86. The standard InChI is InChI=1S/C12H19N3O/c13-10-1-4-15-11(7-10)8-14-12(15)9-2-5-16-6-3-9/h8-10H,1-7,13H2. The van der Waals surface area contributed by atoms with E-state index < -0.39 is 0 Å². The highest BCUT2D eigenvalue weighted by atomic mass is 16.5. The van der Waals surface area contributed by atoms with Gasteiger partial charge in [-0.05, 0) is 19.3 Å². The van der Waals surface area contributed by atoms with E-state index in [-0.39, 0.29) is 0 Å². The van der Waals surface area contributed by atoms with Gasteiger partial charge in [0.1, 0.15) is 5.82 Å². The molecular formula is C12H19N3O. The first-order valence-electron chi connectivity index (χ1n) is 6.22. The highest BCUT2D eigenvalue weighted by molar-refractivity contribution is 5.13. The third kappa shape index (κ3) is 1.76. The van der Waals surface area contributed by atoms with Gasteiger partial charge in [-0.25, -0.2) is 4.98 Å². The largest absolute Gasteiger partial charge is 0.381 e. The molecule has 0 amide bonds. The number of imidazole rings is 1. The Morgan fingerprint density at radius 1 is 1.31 bits per heavy atom. The van der Waals surface area contributed by atoms with Gasteiger partial charge in [-0.1, -0.05) is 0 Å². The summed E-state index contributed by atoms with van der Waals surface area (Å²) in [6.45, 7) is 2.81. The lowest BCUT2D eigenvalue weighted by atomic mass is 9.98. The van der Waals surface area contributed by atoms with Crippen LogP contribution in [0.15, 0.2) is 6.20 Å². The molecule has 1 atom stereocenters. The molecule has 1 aromatic rings. The fourth-order valence-corrected chi connectivity index (χ4v) is 2.80. The molecule has 88 valence electrons. The van der Waals surface area contributed by atoms with Crippen molar-refractivity contribution in [2.75, 3.05) is 13.2 Å². The summed E-state index contributed by atoms with van der Waals surface area (Å²) in [5.41, 5.74) is 7.30. The van der Waals surface area contributed by atoms with Crippen molar-refractivity contribution < 1.29 is 4.74 Å². The molecule has 2 N–H and O–H groups in total. The van der Waals surface area contributed by atoms with Gasteiger partial charge >= 0.3 is 0 Å². The Bertz CT molecular complexity index is 368. The quantitative estimate of drug-likeness (QED) is 0.771. The lowest BCUT2D eigenvalue weighted by molar-refractivity contribution is 0.0826. The van der Waals surface area contributed by atoms with Crippen LogP contribution >= 0.6 is 0 Å². The van der Waals surface area contributed by atoms with Gasteiger partial charge in [0.15, 0.2) is 0 Å². The summed E-state index contributed by atoms with van der Waals surface area (Å²) in [5, 5.41) is 0. The topological polar surface area (TPSA) is 53.1 Å². The number of nitrogens with two attached hydrogens (primary N) is 1. The van der Waals surface area contributed by atoms with Crippen LogP contribution in [0.2, 0.25) is 0 Å². The first kappa shape index (κ1) is 10.3. The summed E-state index contributed by atoms with van der Waals surface area (Å²) in [6.07, 6.45) is 6.31. The molecule has 1 unspecified atom stereocenters. The Kier molecular flexibility index (Phi) is 2.69. The second-order valence-corrected chi connectivity index (χ2v) is 4.90. The lowest BCUT2D eigenvalue weighted by Gasteiger charge is -2.26. The van der Waals surface area contributed by atoms with Gasteiger partial charge in [0, 0.05) is 50.0 Å². The van der Waals surface area contributed by atoms with E-state index in [2.05, 4.69) is 9.55 Å². The van der Waals surface area contributed by atoms with E-state index in [0.717, 1.165) is 45.4 Å². The SMILES string of the molecule is NC1CCn2c(cnc2C2CCOCC2)C1. The molecule has 0 saturated carbocycles. The molecular weight excluding hydrogens is 202 g/mol. The predicted molar refractivity (Wildman–Crippen MR) is 61.3 cm³/mol. The van der Waals surface area contributed by atoms with E-state index in [1.54, 1.807) is 0 Å². The molecule has 0 spiro atoms. The van der Waals surface area contributed by atoms with Gasteiger partial charge in [0.25, 0.3) is 0 Å². The van der Waals surface area contributed by atoms with Crippen LogP contribution in [0.25, 0.3) is 0 Å². The summed E-state index contributed by atoms with van der Waals surface area (Å²) >= 11 is 0. The fraction of sp³-hybridized carbons (Fsp3) is 0.750. The van der Waals surface area contributed by atoms with E-state index in [9.17, 15) is 0 Å². The second-order valence-electron chi connectivity index (χ2n) is 4.90. The van der Waals surface area contributed by atoms with E-state index in [0.29, 0.717) is 12.0 Å². The zero-order valence-electron chi connectivity index (χ0n) is 9.56. The summed E-state index contributed by atoms with van der Waals surface area (Å²) in [6, 6.07) is 0.326. The van der Waals surface area contributed by atoms with Crippen LogP contribution in [0, 0.1) is 0 Å². The van der Waals surface area contributed by atoms with Gasteiger partial charge in [0.05, 0.1) is 0 Å². The maximum Gasteiger partial charge on any atom is 0.112 e. The summed E-state index contributed by atoms with van der Waals surface area (Å²) in [4.78, 5) is 4.61. The molecule has 4 nitrogen and oxygen atoms in total. The Hall–Kier alpha value is -0.870. The molecule has 1 fully saturated rings. The minimum Gasteiger partial charge on any atom is -0.381 e. The highest BCUT2D eigenvalue weighted by Gasteiger charge is 2.25. The number of fused-ring (bicyclic) bond motifs is 1. The zero-order valence-corrected chi connectivity index (χ0v) is 9.56. The van der Waals surface area contributed by atoms with Gasteiger partial charge in [0.2, 0.25) is 0 Å². The van der Waals surface area contributed by atoms with Crippen LogP contribution < -0.4 is 5.73 Å². The Labute approximate surface area is 95.8 Å². The van der Waals surface area contributed by atoms with Crippen LogP contribution in [0.4, 0.5) is 0 Å². The molecule has 0 aromatic carbocycles. The predicted octanol–water partition coefficient (Wildman–Crippen LogP) is 1.05. The van der Waals surface area contributed by atoms with E-state index in [1.807, 2.05) is 6.20 Å². The van der Waals surface area contributed by atoms with Crippen molar-refractivity contribution in [3.8, 4) is 0 Å². The van der Waals surface area contributed by atoms with E-state index in [4.69, 9.17) is 10.5 Å². The van der Waals surface area contributed by atoms with Crippen molar-refractivity contribution >= 4 is 0 Å². The molecule has 4 heteroatoms. The third-order valence-electron chi connectivity index (χ3n) is 3.75. The molecule has 2 aliphatic heterocycles. The second kappa shape index (κ2) is 4.18. The average molecular weight is 221 g/mol. The van der Waals surface area contributed by atoms with E-state index in [1.165, 1.54) is 11.5 Å². The van der Waals surface area contributed by atoms with E-state index >= 15 is 0 Å². The third-order valence-corrected chi connectivity index (χ3v) is 3.75. The lowest BCUT2D eigenvalue weighted by Crippen LogP contribution is -2.31. The Morgan fingerprint density at radius 2 is 2.12 bits per heavy atom.